The smallest absolute Gasteiger partial charge is 0.115 e. The Balaban J connectivity index is 1.77. The van der Waals surface area contributed by atoms with Gasteiger partial charge in [-0.25, -0.2) is 9.97 Å². The van der Waals surface area contributed by atoms with Crippen LogP contribution in [0.2, 0.25) is 0 Å². The van der Waals surface area contributed by atoms with E-state index in [1.807, 2.05) is 0 Å². The van der Waals surface area contributed by atoms with Gasteiger partial charge in [0.1, 0.15) is 6.33 Å². The molecule has 0 aliphatic carbocycles. The Hall–Kier alpha value is -0.960. The van der Waals surface area contributed by atoms with Gasteiger partial charge in [-0.2, -0.15) is 0 Å². The van der Waals surface area contributed by atoms with Crippen molar-refractivity contribution in [1.29, 1.82) is 0 Å². The van der Waals surface area contributed by atoms with Gasteiger partial charge in [0.2, 0.25) is 0 Å². The molecule has 1 saturated heterocycles. The molecular weight excluding hydrogens is 222 g/mol. The fraction of sp³-hybridized carbons (Fsp3) is 0.733. The highest BCUT2D eigenvalue weighted by molar-refractivity contribution is 5.08. The van der Waals surface area contributed by atoms with Crippen LogP contribution in [0.25, 0.3) is 0 Å². The molecule has 1 aromatic rings. The van der Waals surface area contributed by atoms with Gasteiger partial charge in [0, 0.05) is 11.4 Å². The highest BCUT2D eigenvalue weighted by Crippen LogP contribution is 2.10. The van der Waals surface area contributed by atoms with Gasteiger partial charge in [0.15, 0.2) is 0 Å². The summed E-state index contributed by atoms with van der Waals surface area (Å²) in [4.78, 5) is 11.3. The van der Waals surface area contributed by atoms with Crippen LogP contribution >= 0.6 is 0 Å². The van der Waals surface area contributed by atoms with Crippen molar-refractivity contribution in [3.05, 3.63) is 23.8 Å². The lowest BCUT2D eigenvalue weighted by atomic mass is 10.1. The van der Waals surface area contributed by atoms with E-state index in [4.69, 9.17) is 0 Å². The Morgan fingerprint density at radius 2 is 1.89 bits per heavy atom. The van der Waals surface area contributed by atoms with E-state index in [0.29, 0.717) is 5.92 Å². The Bertz CT molecular complexity index is 357. The zero-order valence-corrected chi connectivity index (χ0v) is 11.7. The van der Waals surface area contributed by atoms with Crippen molar-refractivity contribution in [2.75, 3.05) is 19.6 Å². The average Bonchev–Trinajstić information content (AvgIpc) is 2.82. The molecule has 0 radical (unpaired) electrons. The van der Waals surface area contributed by atoms with E-state index in [1.165, 1.54) is 50.3 Å². The van der Waals surface area contributed by atoms with Crippen molar-refractivity contribution in [3.8, 4) is 0 Å². The summed E-state index contributed by atoms with van der Waals surface area (Å²) in [6.07, 6.45) is 7.85. The lowest BCUT2D eigenvalue weighted by molar-refractivity contribution is 0.333. The summed E-state index contributed by atoms with van der Waals surface area (Å²) >= 11 is 0. The van der Waals surface area contributed by atoms with Gasteiger partial charge in [-0.3, -0.25) is 0 Å². The van der Waals surface area contributed by atoms with Crippen molar-refractivity contribution in [2.45, 2.75) is 46.0 Å². The Morgan fingerprint density at radius 3 is 2.61 bits per heavy atom. The van der Waals surface area contributed by atoms with Crippen LogP contribution in [0, 0.1) is 5.92 Å². The predicted molar refractivity (Wildman–Crippen MR) is 74.6 cm³/mol. The van der Waals surface area contributed by atoms with Crippen LogP contribution in [0.5, 0.6) is 0 Å². The maximum absolute atomic E-state index is 4.38. The van der Waals surface area contributed by atoms with Crippen LogP contribution in [0.15, 0.2) is 12.4 Å². The molecule has 1 fully saturated rings. The van der Waals surface area contributed by atoms with E-state index in [1.54, 1.807) is 6.33 Å². The number of nitrogens with zero attached hydrogens (tertiary/aromatic N) is 3. The first kappa shape index (κ1) is 13.5. The standard InChI is InChI=1S/C15H25N3/c1-13(2)10-15-11-14(16-12-17-15)6-5-9-18-7-3-4-8-18/h11-13H,3-10H2,1-2H3. The quantitative estimate of drug-likeness (QED) is 0.774. The van der Waals surface area contributed by atoms with Gasteiger partial charge in [0.25, 0.3) is 0 Å². The fourth-order valence-electron chi connectivity index (χ4n) is 2.60. The molecule has 0 spiro atoms. The van der Waals surface area contributed by atoms with Crippen LogP contribution in [-0.4, -0.2) is 34.5 Å². The van der Waals surface area contributed by atoms with Crippen molar-refractivity contribution in [3.63, 3.8) is 0 Å². The minimum absolute atomic E-state index is 0.664. The maximum atomic E-state index is 4.38. The largest absolute Gasteiger partial charge is 0.303 e. The summed E-state index contributed by atoms with van der Waals surface area (Å²) < 4.78 is 0. The minimum atomic E-state index is 0.664. The molecule has 0 saturated carbocycles. The Morgan fingerprint density at radius 1 is 1.17 bits per heavy atom. The van der Waals surface area contributed by atoms with Gasteiger partial charge in [0.05, 0.1) is 0 Å². The SMILES string of the molecule is CC(C)Cc1cc(CCCN2CCCC2)ncn1. The minimum Gasteiger partial charge on any atom is -0.303 e. The first-order valence-corrected chi connectivity index (χ1v) is 7.26. The van der Waals surface area contributed by atoms with Crippen LogP contribution in [0.1, 0.15) is 44.5 Å². The Kier molecular flexibility index (Phi) is 5.12. The number of likely N-dealkylation sites (tertiary alicyclic amines) is 1. The number of aryl methyl sites for hydroxylation is 1. The second-order valence-corrected chi connectivity index (χ2v) is 5.75. The summed E-state index contributed by atoms with van der Waals surface area (Å²) in [5, 5.41) is 0. The van der Waals surface area contributed by atoms with Gasteiger partial charge in [-0.15, -0.1) is 0 Å². The molecular formula is C15H25N3. The average molecular weight is 247 g/mol. The van der Waals surface area contributed by atoms with Crippen LogP contribution in [0.4, 0.5) is 0 Å². The maximum Gasteiger partial charge on any atom is 0.115 e. The molecule has 100 valence electrons. The summed E-state index contributed by atoms with van der Waals surface area (Å²) in [5.74, 6) is 0.664. The molecule has 2 heterocycles. The molecule has 1 aliphatic rings. The zero-order valence-electron chi connectivity index (χ0n) is 11.7. The molecule has 0 amide bonds. The molecule has 1 aromatic heterocycles. The van der Waals surface area contributed by atoms with Crippen molar-refractivity contribution in [1.82, 2.24) is 14.9 Å². The van der Waals surface area contributed by atoms with Crippen LogP contribution in [-0.2, 0) is 12.8 Å². The third-order valence-corrected chi connectivity index (χ3v) is 3.50. The molecule has 3 nitrogen and oxygen atoms in total. The monoisotopic (exact) mass is 247 g/mol. The second kappa shape index (κ2) is 6.83. The van der Waals surface area contributed by atoms with Crippen molar-refractivity contribution < 1.29 is 0 Å². The van der Waals surface area contributed by atoms with Gasteiger partial charge in [-0.05, 0) is 63.7 Å². The molecule has 1 aliphatic heterocycles. The first-order chi connectivity index (χ1) is 8.74. The number of rotatable bonds is 6. The molecule has 3 heteroatoms. The summed E-state index contributed by atoms with van der Waals surface area (Å²) in [6, 6.07) is 2.18. The second-order valence-electron chi connectivity index (χ2n) is 5.75. The molecule has 18 heavy (non-hydrogen) atoms. The molecule has 0 bridgehead atoms. The molecule has 0 aromatic carbocycles. The molecule has 0 N–H and O–H groups in total. The lowest BCUT2D eigenvalue weighted by Gasteiger charge is -2.13. The number of hydrogen-bond acceptors (Lipinski definition) is 3. The fourth-order valence-corrected chi connectivity index (χ4v) is 2.60. The predicted octanol–water partition coefficient (Wildman–Crippen LogP) is 2.70. The zero-order chi connectivity index (χ0) is 12.8. The van der Waals surface area contributed by atoms with Gasteiger partial charge in [-0.1, -0.05) is 13.8 Å². The first-order valence-electron chi connectivity index (χ1n) is 7.26. The highest BCUT2D eigenvalue weighted by atomic mass is 15.1. The Labute approximate surface area is 111 Å². The van der Waals surface area contributed by atoms with Crippen molar-refractivity contribution in [2.24, 2.45) is 5.92 Å². The van der Waals surface area contributed by atoms with E-state index in [-0.39, 0.29) is 0 Å². The molecule has 0 atom stereocenters. The number of hydrogen-bond donors (Lipinski definition) is 0. The summed E-state index contributed by atoms with van der Waals surface area (Å²) in [7, 11) is 0. The molecule has 2 rings (SSSR count). The van der Waals surface area contributed by atoms with E-state index in [2.05, 4.69) is 34.8 Å². The third-order valence-electron chi connectivity index (χ3n) is 3.50. The summed E-state index contributed by atoms with van der Waals surface area (Å²) in [6.45, 7) is 8.28. The van der Waals surface area contributed by atoms with E-state index >= 15 is 0 Å². The number of aromatic nitrogens is 2. The summed E-state index contributed by atoms with van der Waals surface area (Å²) in [5.41, 5.74) is 2.40. The normalized spacial score (nSPS) is 16.6. The van der Waals surface area contributed by atoms with Crippen LogP contribution < -0.4 is 0 Å². The lowest BCUT2D eigenvalue weighted by Crippen LogP contribution is -2.20. The molecule has 0 unspecified atom stereocenters. The van der Waals surface area contributed by atoms with Crippen LogP contribution in [0.3, 0.4) is 0 Å². The van der Waals surface area contributed by atoms with E-state index < -0.39 is 0 Å². The van der Waals surface area contributed by atoms with Gasteiger partial charge >= 0.3 is 0 Å². The van der Waals surface area contributed by atoms with Gasteiger partial charge < -0.3 is 4.90 Å². The van der Waals surface area contributed by atoms with Crippen molar-refractivity contribution >= 4 is 0 Å². The third kappa shape index (κ3) is 4.37. The highest BCUT2D eigenvalue weighted by Gasteiger charge is 2.10. The van der Waals surface area contributed by atoms with E-state index in [9.17, 15) is 0 Å². The van der Waals surface area contributed by atoms with E-state index in [0.717, 1.165) is 12.8 Å². The topological polar surface area (TPSA) is 29.0 Å².